The summed E-state index contributed by atoms with van der Waals surface area (Å²) in [7, 11) is 0. The van der Waals surface area contributed by atoms with Crippen LogP contribution in [0.1, 0.15) is 33.6 Å². The fourth-order valence-electron chi connectivity index (χ4n) is 4.71. The monoisotopic (exact) mass is 439 g/mol. The first kappa shape index (κ1) is 17.6. The molecule has 0 aromatic heterocycles. The summed E-state index contributed by atoms with van der Waals surface area (Å²) < 4.78 is 6.28. The third-order valence-electron chi connectivity index (χ3n) is 6.08. The van der Waals surface area contributed by atoms with Crippen molar-refractivity contribution in [1.29, 1.82) is 0 Å². The highest BCUT2D eigenvalue weighted by Gasteiger charge is 2.41. The maximum absolute atomic E-state index is 12.9. The van der Waals surface area contributed by atoms with Crippen molar-refractivity contribution in [1.82, 2.24) is 4.90 Å². The molecular formula is C22H18BrNO4. The van der Waals surface area contributed by atoms with Crippen molar-refractivity contribution in [3.8, 4) is 0 Å². The van der Waals surface area contributed by atoms with Crippen LogP contribution in [-0.2, 0) is 9.53 Å². The van der Waals surface area contributed by atoms with Gasteiger partial charge in [-0.2, -0.15) is 0 Å². The highest BCUT2D eigenvalue weighted by Crippen LogP contribution is 2.43. The fourth-order valence-corrected chi connectivity index (χ4v) is 5.17. The summed E-state index contributed by atoms with van der Waals surface area (Å²) in [6, 6.07) is 8.96. The molecular weight excluding hydrogens is 422 g/mol. The van der Waals surface area contributed by atoms with Crippen molar-refractivity contribution < 1.29 is 19.1 Å². The minimum atomic E-state index is -0.347. The predicted molar refractivity (Wildman–Crippen MR) is 107 cm³/mol. The Morgan fingerprint density at radius 3 is 2.57 bits per heavy atom. The number of imide groups is 1. The van der Waals surface area contributed by atoms with Gasteiger partial charge in [0, 0.05) is 21.0 Å². The lowest BCUT2D eigenvalue weighted by Crippen LogP contribution is -2.42. The number of allylic oxidation sites excluding steroid dienone is 2. The van der Waals surface area contributed by atoms with Crippen LogP contribution in [0.25, 0.3) is 10.8 Å². The lowest BCUT2D eigenvalue weighted by molar-refractivity contribution is -0.149. The van der Waals surface area contributed by atoms with E-state index in [2.05, 4.69) is 28.1 Å². The minimum Gasteiger partial charge on any atom is -0.464 e. The number of nitrogens with zero attached hydrogens (tertiary/aromatic N) is 1. The van der Waals surface area contributed by atoms with Gasteiger partial charge in [-0.1, -0.05) is 40.2 Å². The van der Waals surface area contributed by atoms with Crippen LogP contribution in [0.5, 0.6) is 0 Å². The Bertz CT molecular complexity index is 1040. The van der Waals surface area contributed by atoms with E-state index in [1.807, 2.05) is 12.1 Å². The second-order valence-corrected chi connectivity index (χ2v) is 8.49. The smallest absolute Gasteiger partial charge is 0.309 e. The van der Waals surface area contributed by atoms with Gasteiger partial charge in [-0.25, -0.2) is 0 Å². The molecule has 1 fully saturated rings. The summed E-state index contributed by atoms with van der Waals surface area (Å²) in [6.45, 7) is 0.0850. The first-order valence-corrected chi connectivity index (χ1v) is 10.3. The molecule has 5 nitrogen and oxygen atoms in total. The number of carbonyl (C=O) groups is 3. The Kier molecular flexibility index (Phi) is 4.12. The molecule has 2 amide bonds. The maximum atomic E-state index is 12.9. The van der Waals surface area contributed by atoms with E-state index in [0.29, 0.717) is 22.4 Å². The van der Waals surface area contributed by atoms with Crippen molar-refractivity contribution in [2.75, 3.05) is 13.2 Å². The number of ether oxygens (including phenoxy) is 1. The van der Waals surface area contributed by atoms with E-state index >= 15 is 0 Å². The highest BCUT2D eigenvalue weighted by molar-refractivity contribution is 9.10. The summed E-state index contributed by atoms with van der Waals surface area (Å²) in [5, 5.41) is 1.51. The molecule has 0 N–H and O–H groups in total. The number of esters is 1. The van der Waals surface area contributed by atoms with Crippen LogP contribution in [-0.4, -0.2) is 35.8 Å². The largest absolute Gasteiger partial charge is 0.464 e. The van der Waals surface area contributed by atoms with E-state index in [-0.39, 0.29) is 42.8 Å². The van der Waals surface area contributed by atoms with Crippen LogP contribution in [0.3, 0.4) is 0 Å². The van der Waals surface area contributed by atoms with Gasteiger partial charge in [0.25, 0.3) is 11.8 Å². The number of hydrogen-bond donors (Lipinski definition) is 0. The van der Waals surface area contributed by atoms with Gasteiger partial charge in [-0.05, 0) is 48.3 Å². The van der Waals surface area contributed by atoms with Crippen molar-refractivity contribution in [3.05, 3.63) is 58.1 Å². The van der Waals surface area contributed by atoms with E-state index in [1.54, 1.807) is 18.2 Å². The van der Waals surface area contributed by atoms with Gasteiger partial charge in [0.2, 0.25) is 0 Å². The molecule has 5 rings (SSSR count). The molecule has 2 aromatic carbocycles. The summed E-state index contributed by atoms with van der Waals surface area (Å²) in [6.07, 6.45) is 6.15. The number of halogens is 1. The molecule has 0 spiro atoms. The number of carbonyl (C=O) groups excluding carboxylic acids is 3. The summed E-state index contributed by atoms with van der Waals surface area (Å²) in [5.41, 5.74) is 0.996. The van der Waals surface area contributed by atoms with Gasteiger partial charge in [0.1, 0.15) is 6.61 Å². The van der Waals surface area contributed by atoms with Crippen LogP contribution in [0.4, 0.5) is 0 Å². The van der Waals surface area contributed by atoms with Crippen LogP contribution in [0.2, 0.25) is 0 Å². The number of hydrogen-bond acceptors (Lipinski definition) is 4. The highest BCUT2D eigenvalue weighted by atomic mass is 79.9. The Balaban J connectivity index is 1.32. The van der Waals surface area contributed by atoms with Crippen LogP contribution >= 0.6 is 15.9 Å². The second kappa shape index (κ2) is 6.55. The summed E-state index contributed by atoms with van der Waals surface area (Å²) >= 11 is 3.48. The molecule has 1 heterocycles. The third kappa shape index (κ3) is 2.62. The minimum absolute atomic E-state index is 0.0236. The molecule has 1 saturated carbocycles. The zero-order valence-electron chi connectivity index (χ0n) is 15.1. The van der Waals surface area contributed by atoms with Gasteiger partial charge < -0.3 is 4.74 Å². The molecule has 6 heteroatoms. The van der Waals surface area contributed by atoms with E-state index in [4.69, 9.17) is 4.74 Å². The van der Waals surface area contributed by atoms with Gasteiger partial charge in [0.15, 0.2) is 0 Å². The van der Waals surface area contributed by atoms with Crippen molar-refractivity contribution in [2.45, 2.75) is 12.8 Å². The molecule has 1 aliphatic heterocycles. The number of rotatable bonds is 4. The van der Waals surface area contributed by atoms with E-state index in [9.17, 15) is 14.4 Å². The molecule has 28 heavy (non-hydrogen) atoms. The van der Waals surface area contributed by atoms with Crippen molar-refractivity contribution in [2.24, 2.45) is 17.8 Å². The Hall–Kier alpha value is -2.47. The second-order valence-electron chi connectivity index (χ2n) is 7.64. The number of amides is 2. The van der Waals surface area contributed by atoms with Gasteiger partial charge >= 0.3 is 5.97 Å². The molecule has 2 aromatic rings. The van der Waals surface area contributed by atoms with E-state index in [0.717, 1.165) is 22.7 Å². The average molecular weight is 440 g/mol. The zero-order chi connectivity index (χ0) is 19.4. The molecule has 142 valence electrons. The van der Waals surface area contributed by atoms with Crippen LogP contribution < -0.4 is 0 Å². The molecule has 0 radical (unpaired) electrons. The van der Waals surface area contributed by atoms with Gasteiger partial charge in [-0.15, -0.1) is 0 Å². The predicted octanol–water partition coefficient (Wildman–Crippen LogP) is 3.95. The maximum Gasteiger partial charge on any atom is 0.309 e. The van der Waals surface area contributed by atoms with Crippen LogP contribution in [0, 0.1) is 17.8 Å². The zero-order valence-corrected chi connectivity index (χ0v) is 16.6. The normalized spacial score (nSPS) is 25.0. The summed E-state index contributed by atoms with van der Waals surface area (Å²) in [5.74, 6) is -0.238. The Morgan fingerprint density at radius 1 is 1.07 bits per heavy atom. The molecule has 3 unspecified atom stereocenters. The van der Waals surface area contributed by atoms with E-state index < -0.39 is 0 Å². The fraction of sp³-hybridized carbons (Fsp3) is 0.318. The van der Waals surface area contributed by atoms with Crippen LogP contribution in [0.15, 0.2) is 47.0 Å². The standard InChI is InChI=1S/C22H18BrNO4/c23-18-7-6-16-19-14(18)2-1-3-15(19)20(25)24(21(16)26)8-9-28-22(27)17-11-12-4-5-13(17)10-12/h1-7,12-13,17H,8-11H2. The molecule has 2 bridgehead atoms. The quantitative estimate of drug-likeness (QED) is 0.410. The van der Waals surface area contributed by atoms with Gasteiger partial charge in [-0.3, -0.25) is 19.3 Å². The number of benzene rings is 2. The first-order chi connectivity index (χ1) is 13.5. The lowest BCUT2D eigenvalue weighted by atomic mass is 9.94. The van der Waals surface area contributed by atoms with Crippen molar-refractivity contribution in [3.63, 3.8) is 0 Å². The first-order valence-electron chi connectivity index (χ1n) is 9.47. The lowest BCUT2D eigenvalue weighted by Gasteiger charge is -2.27. The topological polar surface area (TPSA) is 63.7 Å². The summed E-state index contributed by atoms with van der Waals surface area (Å²) in [4.78, 5) is 39.4. The van der Waals surface area contributed by atoms with E-state index in [1.165, 1.54) is 4.90 Å². The Morgan fingerprint density at radius 2 is 1.86 bits per heavy atom. The number of fused-ring (bicyclic) bond motifs is 2. The third-order valence-corrected chi connectivity index (χ3v) is 6.77. The molecule has 3 aliphatic rings. The molecule has 3 atom stereocenters. The SMILES string of the molecule is O=C(OCCN1C(=O)c2cccc3c(Br)ccc(c23)C1=O)C1CC2C=CC1C2. The Labute approximate surface area is 170 Å². The average Bonchev–Trinajstić information content (AvgIpc) is 3.33. The molecule has 2 aliphatic carbocycles. The van der Waals surface area contributed by atoms with Gasteiger partial charge in [0.05, 0.1) is 12.5 Å². The van der Waals surface area contributed by atoms with Crippen molar-refractivity contribution >= 4 is 44.5 Å². The molecule has 0 saturated heterocycles.